The number of alkyl halides is 1. The number of para-hydroxylation sites is 1. The van der Waals surface area contributed by atoms with Gasteiger partial charge in [-0.05, 0) is 34.1 Å². The van der Waals surface area contributed by atoms with Gasteiger partial charge in [-0.25, -0.2) is 4.39 Å². The second-order valence-electron chi connectivity index (χ2n) is 3.54. The summed E-state index contributed by atoms with van der Waals surface area (Å²) in [6.45, 7) is 0. The summed E-state index contributed by atoms with van der Waals surface area (Å²) in [5.74, 6) is 0.701. The van der Waals surface area contributed by atoms with Crippen LogP contribution >= 0.6 is 39.1 Å². The Kier molecular flexibility index (Phi) is 4.49. The molecule has 0 spiro atoms. The van der Waals surface area contributed by atoms with Gasteiger partial charge in [0.25, 0.3) is 0 Å². The van der Waals surface area contributed by atoms with E-state index in [0.29, 0.717) is 21.0 Å². The molecule has 0 unspecified atom stereocenters. The maximum atomic E-state index is 13.4. The first-order valence-electron chi connectivity index (χ1n) is 5.08. The third-order valence-electron chi connectivity index (χ3n) is 2.30. The maximum Gasteiger partial charge on any atom is 0.150 e. The zero-order valence-corrected chi connectivity index (χ0v) is 12.2. The Bertz CT molecular complexity index is 575. The lowest BCUT2D eigenvalue weighted by Gasteiger charge is -2.11. The number of hydrogen-bond donors (Lipinski definition) is 0. The summed E-state index contributed by atoms with van der Waals surface area (Å²) in [6.07, 6.45) is 0. The van der Waals surface area contributed by atoms with Crippen LogP contribution in [0.5, 0.6) is 11.5 Å². The Morgan fingerprint density at radius 2 is 2.00 bits per heavy atom. The highest BCUT2D eigenvalue weighted by Gasteiger charge is 2.10. The Morgan fingerprint density at radius 3 is 2.67 bits per heavy atom. The fourth-order valence-corrected chi connectivity index (χ4v) is 2.12. The summed E-state index contributed by atoms with van der Waals surface area (Å²) in [5, 5.41) is 0.441. The van der Waals surface area contributed by atoms with Crippen LogP contribution in [0.3, 0.4) is 0 Å². The molecule has 0 aliphatic heterocycles. The summed E-state index contributed by atoms with van der Waals surface area (Å²) >= 11 is 14.9. The molecule has 2 aromatic carbocycles. The minimum absolute atomic E-state index is 0.273. The average Bonchev–Trinajstić information content (AvgIpc) is 2.36. The second-order valence-corrected chi connectivity index (χ2v) is 5.07. The summed E-state index contributed by atoms with van der Waals surface area (Å²) < 4.78 is 19.3. The molecule has 0 saturated carbocycles. The highest BCUT2D eigenvalue weighted by molar-refractivity contribution is 9.10. The van der Waals surface area contributed by atoms with Crippen molar-refractivity contribution in [3.05, 3.63) is 57.3 Å². The Morgan fingerprint density at radius 1 is 1.22 bits per heavy atom. The Labute approximate surface area is 123 Å². The van der Waals surface area contributed by atoms with Gasteiger partial charge in [-0.3, -0.25) is 0 Å². The highest BCUT2D eigenvalue weighted by atomic mass is 79.9. The van der Waals surface area contributed by atoms with Crippen molar-refractivity contribution in [3.8, 4) is 11.5 Å². The molecule has 5 heteroatoms. The summed E-state index contributed by atoms with van der Waals surface area (Å²) in [6, 6.07) is 9.79. The van der Waals surface area contributed by atoms with E-state index in [4.69, 9.17) is 27.9 Å². The minimum Gasteiger partial charge on any atom is -0.455 e. The van der Waals surface area contributed by atoms with Crippen LogP contribution in [0, 0.1) is 5.82 Å². The van der Waals surface area contributed by atoms with Crippen LogP contribution in [-0.4, -0.2) is 0 Å². The van der Waals surface area contributed by atoms with Gasteiger partial charge in [0.15, 0.2) is 0 Å². The molecular formula is C13H8BrCl2FO. The smallest absolute Gasteiger partial charge is 0.150 e. The quantitative estimate of drug-likeness (QED) is 0.639. The molecule has 2 rings (SSSR count). The Balaban J connectivity index is 2.36. The van der Waals surface area contributed by atoms with E-state index in [1.54, 1.807) is 24.3 Å². The van der Waals surface area contributed by atoms with Gasteiger partial charge in [0.1, 0.15) is 17.3 Å². The van der Waals surface area contributed by atoms with E-state index in [-0.39, 0.29) is 5.88 Å². The number of ether oxygens (including phenoxy) is 1. The molecule has 0 fully saturated rings. The van der Waals surface area contributed by atoms with Crippen molar-refractivity contribution in [1.82, 2.24) is 0 Å². The van der Waals surface area contributed by atoms with Crippen LogP contribution in [0.15, 0.2) is 40.9 Å². The molecule has 0 heterocycles. The van der Waals surface area contributed by atoms with Gasteiger partial charge < -0.3 is 4.74 Å². The molecule has 1 nitrogen and oxygen atoms in total. The normalized spacial score (nSPS) is 10.4. The van der Waals surface area contributed by atoms with Crippen LogP contribution in [0.4, 0.5) is 4.39 Å². The Hall–Kier alpha value is -0.770. The fraction of sp³-hybridized carbons (Fsp3) is 0.0769. The first-order valence-corrected chi connectivity index (χ1v) is 6.78. The van der Waals surface area contributed by atoms with E-state index in [1.807, 2.05) is 6.07 Å². The largest absolute Gasteiger partial charge is 0.455 e. The summed E-state index contributed by atoms with van der Waals surface area (Å²) in [4.78, 5) is 0. The number of halogens is 4. The standard InChI is InChI=1S/C13H8BrCl2FO/c14-10-5-4-9(6-12(10)17)18-13-8(7-15)2-1-3-11(13)16/h1-6H,7H2. The van der Waals surface area contributed by atoms with E-state index in [0.717, 1.165) is 5.56 Å². The van der Waals surface area contributed by atoms with Crippen LogP contribution in [-0.2, 0) is 5.88 Å². The molecule has 0 radical (unpaired) electrons. The number of benzene rings is 2. The van der Waals surface area contributed by atoms with Gasteiger partial charge in [0, 0.05) is 11.6 Å². The van der Waals surface area contributed by atoms with Crippen LogP contribution in [0.1, 0.15) is 5.56 Å². The van der Waals surface area contributed by atoms with Gasteiger partial charge in [-0.2, -0.15) is 0 Å². The zero-order chi connectivity index (χ0) is 13.1. The van der Waals surface area contributed by atoms with Crippen molar-refractivity contribution < 1.29 is 9.13 Å². The topological polar surface area (TPSA) is 9.23 Å². The molecule has 0 N–H and O–H groups in total. The van der Waals surface area contributed by atoms with Crippen LogP contribution < -0.4 is 4.74 Å². The summed E-state index contributed by atoms with van der Waals surface area (Å²) in [5.41, 5.74) is 0.757. The molecule has 94 valence electrons. The third kappa shape index (κ3) is 2.97. The van der Waals surface area contributed by atoms with E-state index in [1.165, 1.54) is 6.07 Å². The lowest BCUT2D eigenvalue weighted by molar-refractivity contribution is 0.472. The first-order chi connectivity index (χ1) is 8.61. The van der Waals surface area contributed by atoms with Gasteiger partial charge in [-0.15, -0.1) is 11.6 Å². The van der Waals surface area contributed by atoms with Crippen molar-refractivity contribution in [2.75, 3.05) is 0 Å². The molecule has 0 amide bonds. The lowest BCUT2D eigenvalue weighted by atomic mass is 10.2. The molecule has 18 heavy (non-hydrogen) atoms. The molecule has 0 aromatic heterocycles. The lowest BCUT2D eigenvalue weighted by Crippen LogP contribution is -1.91. The second kappa shape index (κ2) is 5.91. The van der Waals surface area contributed by atoms with E-state index >= 15 is 0 Å². The van der Waals surface area contributed by atoms with E-state index in [2.05, 4.69) is 15.9 Å². The predicted molar refractivity (Wildman–Crippen MR) is 75.2 cm³/mol. The first kappa shape index (κ1) is 13.7. The number of rotatable bonds is 3. The predicted octanol–water partition coefficient (Wildman–Crippen LogP) is 5.77. The molecular weight excluding hydrogens is 342 g/mol. The molecule has 0 aliphatic rings. The van der Waals surface area contributed by atoms with Gasteiger partial charge >= 0.3 is 0 Å². The number of hydrogen-bond acceptors (Lipinski definition) is 1. The minimum atomic E-state index is -0.396. The van der Waals surface area contributed by atoms with Crippen molar-refractivity contribution in [3.63, 3.8) is 0 Å². The van der Waals surface area contributed by atoms with Crippen molar-refractivity contribution in [2.45, 2.75) is 5.88 Å². The fourth-order valence-electron chi connectivity index (χ4n) is 1.43. The average molecular weight is 350 g/mol. The third-order valence-corrected chi connectivity index (χ3v) is 3.53. The summed E-state index contributed by atoms with van der Waals surface area (Å²) in [7, 11) is 0. The van der Waals surface area contributed by atoms with E-state index < -0.39 is 5.82 Å². The van der Waals surface area contributed by atoms with Crippen molar-refractivity contribution in [1.29, 1.82) is 0 Å². The van der Waals surface area contributed by atoms with Gasteiger partial charge in [0.05, 0.1) is 15.4 Å². The molecule has 0 atom stereocenters. The van der Waals surface area contributed by atoms with Crippen molar-refractivity contribution in [2.24, 2.45) is 0 Å². The van der Waals surface area contributed by atoms with Crippen molar-refractivity contribution >= 4 is 39.1 Å². The molecule has 0 aliphatic carbocycles. The monoisotopic (exact) mass is 348 g/mol. The van der Waals surface area contributed by atoms with Crippen LogP contribution in [0.25, 0.3) is 0 Å². The molecule has 0 bridgehead atoms. The zero-order valence-electron chi connectivity index (χ0n) is 9.09. The molecule has 0 saturated heterocycles. The van der Waals surface area contributed by atoms with E-state index in [9.17, 15) is 4.39 Å². The highest BCUT2D eigenvalue weighted by Crippen LogP contribution is 2.34. The molecule has 2 aromatic rings. The van der Waals surface area contributed by atoms with Gasteiger partial charge in [-0.1, -0.05) is 23.7 Å². The van der Waals surface area contributed by atoms with Crippen LogP contribution in [0.2, 0.25) is 5.02 Å². The SMILES string of the molecule is Fc1cc(Oc2c(Cl)cccc2CCl)ccc1Br. The maximum absolute atomic E-state index is 13.4. The van der Waals surface area contributed by atoms with Gasteiger partial charge in [0.2, 0.25) is 0 Å².